The molecule has 0 aliphatic carbocycles. The fourth-order valence-electron chi connectivity index (χ4n) is 1.14. The summed E-state index contributed by atoms with van der Waals surface area (Å²) in [5.74, 6) is 0.373. The number of hydrogen-bond acceptors (Lipinski definition) is 2. The second-order valence-electron chi connectivity index (χ2n) is 3.18. The van der Waals surface area contributed by atoms with Crippen LogP contribution in [0.15, 0.2) is 60.9 Å². The van der Waals surface area contributed by atoms with E-state index in [1.54, 1.807) is 30.4 Å². The number of allylic oxidation sites excluding steroid dienone is 4. The molecule has 0 bridgehead atoms. The highest BCUT2D eigenvalue weighted by Gasteiger charge is 2.00. The second-order valence-corrected chi connectivity index (χ2v) is 3.18. The minimum Gasteiger partial charge on any atom is -0.489 e. The fourth-order valence-corrected chi connectivity index (χ4v) is 1.14. The second kappa shape index (κ2) is 9.86. The Bertz CT molecular complexity index is 447. The molecular weight excluding hydrogens is 229 g/mol. The highest BCUT2D eigenvalue weighted by atomic mass is 19.1. The van der Waals surface area contributed by atoms with Gasteiger partial charge in [0, 0.05) is 12.1 Å². The lowest BCUT2D eigenvalue weighted by molar-refractivity contribution is 0.207. The van der Waals surface area contributed by atoms with Crippen LogP contribution >= 0.6 is 0 Å². The normalized spacial score (nSPS) is 10.6. The van der Waals surface area contributed by atoms with Crippen molar-refractivity contribution in [3.8, 4) is 6.57 Å². The molecule has 0 atom stereocenters. The van der Waals surface area contributed by atoms with Gasteiger partial charge in [-0.15, -0.1) is 0 Å². The lowest BCUT2D eigenvalue weighted by Crippen LogP contribution is -1.94. The number of hydrogen-bond donors (Lipinski definition) is 0. The minimum atomic E-state index is -0.253. The maximum absolute atomic E-state index is 13.3. The van der Waals surface area contributed by atoms with Crippen molar-refractivity contribution >= 4 is 0 Å². The molecule has 0 aliphatic rings. The van der Waals surface area contributed by atoms with Crippen LogP contribution in [0.1, 0.15) is 12.5 Å². The van der Waals surface area contributed by atoms with E-state index in [9.17, 15) is 4.39 Å². The summed E-state index contributed by atoms with van der Waals surface area (Å²) in [6.45, 7) is 9.25. The molecular formula is C15H16FNO. The fraction of sp³-hybridized carbons (Fsp3) is 0.133. The van der Waals surface area contributed by atoms with E-state index in [1.807, 2.05) is 19.1 Å². The van der Waals surface area contributed by atoms with Gasteiger partial charge in [0.2, 0.25) is 0 Å². The van der Waals surface area contributed by atoms with Crippen LogP contribution in [0.25, 0.3) is 0 Å². The SMILES string of the molecule is C#N.C=C/C(=C\C=C/C)OCc1ccccc1F. The van der Waals surface area contributed by atoms with Crippen molar-refractivity contribution in [1.29, 1.82) is 5.26 Å². The molecule has 0 aromatic heterocycles. The molecule has 0 unspecified atom stereocenters. The van der Waals surface area contributed by atoms with E-state index in [1.165, 1.54) is 6.07 Å². The number of rotatable bonds is 5. The van der Waals surface area contributed by atoms with Crippen molar-refractivity contribution in [3.05, 3.63) is 72.3 Å². The molecule has 0 amide bonds. The van der Waals surface area contributed by atoms with Crippen molar-refractivity contribution in [2.45, 2.75) is 13.5 Å². The van der Waals surface area contributed by atoms with Gasteiger partial charge >= 0.3 is 0 Å². The number of benzene rings is 1. The molecule has 3 heteroatoms. The van der Waals surface area contributed by atoms with Crippen molar-refractivity contribution in [2.75, 3.05) is 0 Å². The summed E-state index contributed by atoms with van der Waals surface area (Å²) in [4.78, 5) is 0. The van der Waals surface area contributed by atoms with Crippen molar-refractivity contribution < 1.29 is 9.13 Å². The molecule has 0 spiro atoms. The molecule has 0 radical (unpaired) electrons. The Morgan fingerprint density at radius 2 is 2.11 bits per heavy atom. The Hall–Kier alpha value is -2.34. The van der Waals surface area contributed by atoms with Crippen LogP contribution in [0.3, 0.4) is 0 Å². The van der Waals surface area contributed by atoms with Gasteiger partial charge in [-0.2, -0.15) is 0 Å². The summed E-state index contributed by atoms with van der Waals surface area (Å²) in [7, 11) is 0. The smallest absolute Gasteiger partial charge is 0.129 e. The first-order valence-electron chi connectivity index (χ1n) is 5.35. The number of ether oxygens (including phenoxy) is 1. The van der Waals surface area contributed by atoms with Crippen LogP contribution in [-0.4, -0.2) is 0 Å². The third-order valence-electron chi connectivity index (χ3n) is 2.01. The van der Waals surface area contributed by atoms with Gasteiger partial charge in [-0.25, -0.2) is 9.65 Å². The van der Waals surface area contributed by atoms with Crippen LogP contribution in [0.5, 0.6) is 0 Å². The lowest BCUT2D eigenvalue weighted by atomic mass is 10.2. The van der Waals surface area contributed by atoms with E-state index in [-0.39, 0.29) is 12.4 Å². The third-order valence-corrected chi connectivity index (χ3v) is 2.01. The van der Waals surface area contributed by atoms with E-state index in [4.69, 9.17) is 10.00 Å². The Morgan fingerprint density at radius 3 is 2.67 bits per heavy atom. The molecule has 2 nitrogen and oxygen atoms in total. The van der Waals surface area contributed by atoms with Gasteiger partial charge in [-0.1, -0.05) is 36.9 Å². The summed E-state index contributed by atoms with van der Waals surface area (Å²) in [5.41, 5.74) is 0.538. The quantitative estimate of drug-likeness (QED) is 0.577. The standard InChI is InChI=1S/C14H15FO.CHN/c1-3-5-9-13(4-2)16-11-12-8-6-7-10-14(12)15;1-2/h3-10H,2,11H2,1H3;1H/b5-3-,13-9+;. The Labute approximate surface area is 107 Å². The van der Waals surface area contributed by atoms with Crippen LogP contribution in [0.4, 0.5) is 4.39 Å². The first kappa shape index (κ1) is 15.7. The Balaban J connectivity index is 0.00000137. The summed E-state index contributed by atoms with van der Waals surface area (Å²) in [5, 5.41) is 6.50. The molecule has 0 N–H and O–H groups in total. The zero-order chi connectivity index (χ0) is 13.8. The van der Waals surface area contributed by atoms with Gasteiger partial charge in [0.05, 0.1) is 0 Å². The molecule has 0 fully saturated rings. The molecule has 1 aromatic carbocycles. The molecule has 18 heavy (non-hydrogen) atoms. The van der Waals surface area contributed by atoms with Gasteiger partial charge in [-0.3, -0.25) is 0 Å². The first-order chi connectivity index (χ1) is 8.77. The Kier molecular flexibility index (Phi) is 8.57. The van der Waals surface area contributed by atoms with Crippen LogP contribution in [0, 0.1) is 17.7 Å². The largest absolute Gasteiger partial charge is 0.489 e. The third kappa shape index (κ3) is 5.66. The topological polar surface area (TPSA) is 33.0 Å². The lowest BCUT2D eigenvalue weighted by Gasteiger charge is -2.06. The predicted octanol–water partition coefficient (Wildman–Crippen LogP) is 4.13. The van der Waals surface area contributed by atoms with Gasteiger partial charge in [0.15, 0.2) is 0 Å². The summed E-state index contributed by atoms with van der Waals surface area (Å²) in [6.07, 6.45) is 7.11. The van der Waals surface area contributed by atoms with E-state index < -0.39 is 0 Å². The monoisotopic (exact) mass is 245 g/mol. The van der Waals surface area contributed by atoms with E-state index in [0.29, 0.717) is 11.3 Å². The molecule has 0 aliphatic heterocycles. The molecule has 0 heterocycles. The van der Waals surface area contributed by atoms with Gasteiger partial charge in [-0.05, 0) is 25.1 Å². The highest BCUT2D eigenvalue weighted by Crippen LogP contribution is 2.10. The average Bonchev–Trinajstić information content (AvgIpc) is 2.43. The molecule has 94 valence electrons. The zero-order valence-electron chi connectivity index (χ0n) is 10.3. The maximum Gasteiger partial charge on any atom is 0.129 e. The molecule has 0 saturated carbocycles. The maximum atomic E-state index is 13.3. The summed E-state index contributed by atoms with van der Waals surface area (Å²) < 4.78 is 18.7. The summed E-state index contributed by atoms with van der Waals surface area (Å²) in [6, 6.07) is 6.56. The van der Waals surface area contributed by atoms with Crippen LogP contribution in [-0.2, 0) is 11.3 Å². The molecule has 1 aromatic rings. The zero-order valence-corrected chi connectivity index (χ0v) is 10.3. The Morgan fingerprint density at radius 1 is 1.44 bits per heavy atom. The van der Waals surface area contributed by atoms with Crippen molar-refractivity contribution in [1.82, 2.24) is 0 Å². The number of nitriles is 1. The molecule has 0 saturated heterocycles. The average molecular weight is 245 g/mol. The number of nitrogens with zero attached hydrogens (tertiary/aromatic N) is 1. The van der Waals surface area contributed by atoms with E-state index in [0.717, 1.165) is 0 Å². The minimum absolute atomic E-state index is 0.210. The molecule has 1 rings (SSSR count). The van der Waals surface area contributed by atoms with Crippen molar-refractivity contribution in [2.24, 2.45) is 0 Å². The van der Waals surface area contributed by atoms with Crippen molar-refractivity contribution in [3.63, 3.8) is 0 Å². The van der Waals surface area contributed by atoms with Gasteiger partial charge in [0.1, 0.15) is 18.2 Å². The van der Waals surface area contributed by atoms with Crippen LogP contribution < -0.4 is 0 Å². The first-order valence-corrected chi connectivity index (χ1v) is 5.35. The highest BCUT2D eigenvalue weighted by molar-refractivity contribution is 5.19. The predicted molar refractivity (Wildman–Crippen MR) is 71.0 cm³/mol. The summed E-state index contributed by atoms with van der Waals surface area (Å²) >= 11 is 0. The van der Waals surface area contributed by atoms with Crippen LogP contribution in [0.2, 0.25) is 0 Å². The van der Waals surface area contributed by atoms with Gasteiger partial charge in [0.25, 0.3) is 0 Å². The number of halogens is 1. The van der Waals surface area contributed by atoms with E-state index in [2.05, 4.69) is 13.2 Å². The van der Waals surface area contributed by atoms with E-state index >= 15 is 0 Å². The van der Waals surface area contributed by atoms with Gasteiger partial charge < -0.3 is 4.74 Å².